The van der Waals surface area contributed by atoms with Crippen molar-refractivity contribution in [2.75, 3.05) is 11.4 Å². The van der Waals surface area contributed by atoms with Crippen LogP contribution in [0.15, 0.2) is 116 Å². The van der Waals surface area contributed by atoms with Crippen LogP contribution < -0.4 is 10.2 Å². The first-order chi connectivity index (χ1) is 19.5. The van der Waals surface area contributed by atoms with Gasteiger partial charge in [-0.05, 0) is 61.7 Å². The molecule has 7 nitrogen and oxygen atoms in total. The van der Waals surface area contributed by atoms with Crippen molar-refractivity contribution in [3.05, 3.63) is 132 Å². The van der Waals surface area contributed by atoms with Gasteiger partial charge in [-0.15, -0.1) is 0 Å². The van der Waals surface area contributed by atoms with E-state index in [2.05, 4.69) is 40.4 Å². The molecule has 0 fully saturated rings. The average Bonchev–Trinajstić information content (AvgIpc) is 3.38. The summed E-state index contributed by atoms with van der Waals surface area (Å²) in [4.78, 5) is 19.2. The van der Waals surface area contributed by atoms with Gasteiger partial charge in [0.15, 0.2) is 0 Å². The Morgan fingerprint density at radius 2 is 1.50 bits per heavy atom. The number of hydrogen-bond acceptors (Lipinski definition) is 4. The quantitative estimate of drug-likeness (QED) is 0.106. The standard InChI is InChI=1S/C18H20N4O.C9H9N.C6H7N/c19-17(12-11-15-7-3-1-4-8-15)22(18(20)13-21-14-23)16-9-5-2-6-10-16;1-7-6-10-9-5-3-2-4-8(7)9;1-6-4-2-3-5-7-6/h1-10,14,19-20H,11-13H2,(H,21,23);2-6,10H,1H3;2-5H,1H3. The summed E-state index contributed by atoms with van der Waals surface area (Å²) in [7, 11) is 0. The van der Waals surface area contributed by atoms with Gasteiger partial charge in [-0.3, -0.25) is 25.5 Å². The molecule has 3 aromatic carbocycles. The summed E-state index contributed by atoms with van der Waals surface area (Å²) < 4.78 is 0. The van der Waals surface area contributed by atoms with Gasteiger partial charge in [-0.2, -0.15) is 0 Å². The fourth-order valence-corrected chi connectivity index (χ4v) is 3.95. The van der Waals surface area contributed by atoms with Crippen molar-refractivity contribution in [1.29, 1.82) is 10.8 Å². The number of nitrogens with zero attached hydrogens (tertiary/aromatic N) is 2. The number of rotatable bonds is 7. The zero-order valence-electron chi connectivity index (χ0n) is 23.0. The van der Waals surface area contributed by atoms with Gasteiger partial charge in [0, 0.05) is 41.1 Å². The van der Waals surface area contributed by atoms with E-state index >= 15 is 0 Å². The lowest BCUT2D eigenvalue weighted by Crippen LogP contribution is -2.41. The van der Waals surface area contributed by atoms with E-state index in [9.17, 15) is 4.79 Å². The minimum absolute atomic E-state index is 0.0894. The summed E-state index contributed by atoms with van der Waals surface area (Å²) in [6.45, 7) is 4.17. The van der Waals surface area contributed by atoms with Crippen LogP contribution in [-0.4, -0.2) is 34.6 Å². The normalized spacial score (nSPS) is 9.85. The molecule has 0 saturated heterocycles. The zero-order chi connectivity index (χ0) is 28.6. The number of carbonyl (C=O) groups is 1. The highest BCUT2D eigenvalue weighted by atomic mass is 16.1. The van der Waals surface area contributed by atoms with Crippen molar-refractivity contribution in [2.24, 2.45) is 0 Å². The maximum Gasteiger partial charge on any atom is 0.207 e. The van der Waals surface area contributed by atoms with Crippen LogP contribution in [0.1, 0.15) is 23.2 Å². The summed E-state index contributed by atoms with van der Waals surface area (Å²) in [5.74, 6) is 0.499. The molecule has 204 valence electrons. The monoisotopic (exact) mass is 532 g/mol. The number of amidine groups is 2. The summed E-state index contributed by atoms with van der Waals surface area (Å²) in [5, 5.41) is 20.3. The number of amides is 1. The first-order valence-corrected chi connectivity index (χ1v) is 13.1. The Morgan fingerprint density at radius 3 is 2.10 bits per heavy atom. The van der Waals surface area contributed by atoms with E-state index in [1.54, 1.807) is 11.1 Å². The third-order valence-corrected chi connectivity index (χ3v) is 6.01. The summed E-state index contributed by atoms with van der Waals surface area (Å²) >= 11 is 0. The van der Waals surface area contributed by atoms with Crippen molar-refractivity contribution >= 4 is 34.7 Å². The van der Waals surface area contributed by atoms with Crippen LogP contribution in [-0.2, 0) is 11.2 Å². The van der Waals surface area contributed by atoms with Gasteiger partial charge in [0.25, 0.3) is 0 Å². The molecule has 0 aliphatic rings. The van der Waals surface area contributed by atoms with Crippen LogP contribution in [0.25, 0.3) is 10.9 Å². The Kier molecular flexibility index (Phi) is 11.8. The van der Waals surface area contributed by atoms with Crippen LogP contribution in [0.3, 0.4) is 0 Å². The Balaban J connectivity index is 0.000000209. The number of H-pyrrole nitrogens is 1. The van der Waals surface area contributed by atoms with Gasteiger partial charge >= 0.3 is 0 Å². The summed E-state index contributed by atoms with van der Waals surface area (Å²) in [6, 6.07) is 33.5. The number of anilines is 1. The molecule has 5 aromatic rings. The van der Waals surface area contributed by atoms with Crippen LogP contribution in [0.5, 0.6) is 0 Å². The number of hydrogen-bond donors (Lipinski definition) is 4. The number of para-hydroxylation sites is 2. The number of nitrogens with one attached hydrogen (secondary N) is 4. The highest BCUT2D eigenvalue weighted by Gasteiger charge is 2.17. The van der Waals surface area contributed by atoms with Gasteiger partial charge in [-0.25, -0.2) is 0 Å². The second-order valence-corrected chi connectivity index (χ2v) is 9.04. The number of aromatic amines is 1. The molecule has 0 bridgehead atoms. The molecule has 0 radical (unpaired) electrons. The molecular formula is C33H36N6O. The molecular weight excluding hydrogens is 496 g/mol. The highest BCUT2D eigenvalue weighted by molar-refractivity contribution is 6.17. The fraction of sp³-hybridized carbons (Fsp3) is 0.152. The summed E-state index contributed by atoms with van der Waals surface area (Å²) in [5.41, 5.74) is 5.52. The van der Waals surface area contributed by atoms with Crippen molar-refractivity contribution < 1.29 is 4.79 Å². The summed E-state index contributed by atoms with van der Waals surface area (Å²) in [6.07, 6.45) is 5.63. The Morgan fingerprint density at radius 1 is 0.850 bits per heavy atom. The van der Waals surface area contributed by atoms with E-state index in [1.807, 2.05) is 98.0 Å². The third kappa shape index (κ3) is 9.36. The molecule has 0 unspecified atom stereocenters. The van der Waals surface area contributed by atoms with Gasteiger partial charge in [0.05, 0.1) is 6.54 Å². The van der Waals surface area contributed by atoms with E-state index in [1.165, 1.54) is 16.5 Å². The van der Waals surface area contributed by atoms with Gasteiger partial charge in [0.1, 0.15) is 11.7 Å². The first-order valence-electron chi connectivity index (χ1n) is 13.1. The van der Waals surface area contributed by atoms with Crippen molar-refractivity contribution in [1.82, 2.24) is 15.3 Å². The maximum atomic E-state index is 10.5. The lowest BCUT2D eigenvalue weighted by atomic mass is 10.1. The maximum absolute atomic E-state index is 10.5. The third-order valence-electron chi connectivity index (χ3n) is 6.01. The lowest BCUT2D eigenvalue weighted by molar-refractivity contribution is -0.109. The molecule has 0 atom stereocenters. The molecule has 2 aromatic heterocycles. The van der Waals surface area contributed by atoms with E-state index < -0.39 is 0 Å². The predicted octanol–water partition coefficient (Wildman–Crippen LogP) is 6.69. The molecule has 2 heterocycles. The molecule has 7 heteroatoms. The van der Waals surface area contributed by atoms with Gasteiger partial charge in [0.2, 0.25) is 6.41 Å². The van der Waals surface area contributed by atoms with Gasteiger partial charge < -0.3 is 10.3 Å². The molecule has 5 rings (SSSR count). The molecule has 0 saturated carbocycles. The molecule has 0 aliphatic carbocycles. The second-order valence-electron chi connectivity index (χ2n) is 9.04. The SMILES string of the molecule is Cc1c[nH]c2ccccc12.Cc1ccccn1.N=C(CCc1ccccc1)N(C(=N)CNC=O)c1ccccc1. The minimum Gasteiger partial charge on any atom is -0.361 e. The number of aryl methyl sites for hydroxylation is 3. The topological polar surface area (TPSA) is 109 Å². The Labute approximate surface area is 235 Å². The van der Waals surface area contributed by atoms with Crippen LogP contribution in [0.4, 0.5) is 5.69 Å². The number of aromatic nitrogens is 2. The molecule has 40 heavy (non-hydrogen) atoms. The average molecular weight is 533 g/mol. The highest BCUT2D eigenvalue weighted by Crippen LogP contribution is 2.17. The van der Waals surface area contributed by atoms with Crippen LogP contribution in [0, 0.1) is 24.7 Å². The van der Waals surface area contributed by atoms with E-state index in [4.69, 9.17) is 10.8 Å². The van der Waals surface area contributed by atoms with Crippen LogP contribution >= 0.6 is 0 Å². The Bertz CT molecular complexity index is 1470. The van der Waals surface area contributed by atoms with Gasteiger partial charge in [-0.1, -0.05) is 72.8 Å². The fourth-order valence-electron chi connectivity index (χ4n) is 3.95. The first kappa shape index (κ1) is 29.5. The number of benzene rings is 3. The van der Waals surface area contributed by atoms with E-state index in [0.29, 0.717) is 18.7 Å². The van der Waals surface area contributed by atoms with E-state index in [-0.39, 0.29) is 12.4 Å². The lowest BCUT2D eigenvalue weighted by Gasteiger charge is -2.25. The predicted molar refractivity (Wildman–Crippen MR) is 165 cm³/mol. The second kappa shape index (κ2) is 16.0. The van der Waals surface area contributed by atoms with Crippen molar-refractivity contribution in [3.8, 4) is 0 Å². The number of fused-ring (bicyclic) bond motifs is 1. The number of carbonyl (C=O) groups excluding carboxylic acids is 1. The smallest absolute Gasteiger partial charge is 0.207 e. The molecule has 0 aliphatic heterocycles. The minimum atomic E-state index is 0.0894. The largest absolute Gasteiger partial charge is 0.361 e. The molecule has 4 N–H and O–H groups in total. The molecule has 0 spiro atoms. The zero-order valence-corrected chi connectivity index (χ0v) is 23.0. The van der Waals surface area contributed by atoms with Crippen molar-refractivity contribution in [3.63, 3.8) is 0 Å². The van der Waals surface area contributed by atoms with E-state index in [0.717, 1.165) is 23.4 Å². The van der Waals surface area contributed by atoms with Crippen molar-refractivity contribution in [2.45, 2.75) is 26.7 Å². The van der Waals surface area contributed by atoms with Crippen LogP contribution in [0.2, 0.25) is 0 Å². The molecule has 1 amide bonds. The number of pyridine rings is 1. The Hall–Kier alpha value is -5.04.